The van der Waals surface area contributed by atoms with E-state index >= 15 is 0 Å². The van der Waals surface area contributed by atoms with Gasteiger partial charge >= 0.3 is 24.3 Å². The summed E-state index contributed by atoms with van der Waals surface area (Å²) in [7, 11) is 0. The summed E-state index contributed by atoms with van der Waals surface area (Å²) in [6, 6.07) is 14.5. The highest BCUT2D eigenvalue weighted by Crippen LogP contribution is 2.46. The van der Waals surface area contributed by atoms with Crippen LogP contribution in [0.4, 0.5) is 26.3 Å². The largest absolute Gasteiger partial charge is 0.490 e. The number of carbonyl (C=O) groups is 3. The fraction of sp³-hybridized carbons (Fsp3) is 0.517. The van der Waals surface area contributed by atoms with Gasteiger partial charge in [-0.1, -0.05) is 24.3 Å². The van der Waals surface area contributed by atoms with Crippen LogP contribution >= 0.6 is 0 Å². The Hall–Kier alpha value is -3.88. The molecule has 2 fully saturated rings. The van der Waals surface area contributed by atoms with E-state index in [9.17, 15) is 31.1 Å². The van der Waals surface area contributed by atoms with Gasteiger partial charge in [0.1, 0.15) is 11.4 Å². The maximum atomic E-state index is 12.9. The number of aliphatic carboxylic acids is 2. The lowest BCUT2D eigenvalue weighted by molar-refractivity contribution is -0.193. The number of piperidine rings is 1. The number of para-hydroxylation sites is 1. The fourth-order valence-electron chi connectivity index (χ4n) is 5.38. The Morgan fingerprint density at radius 2 is 1.41 bits per heavy atom. The van der Waals surface area contributed by atoms with Crippen LogP contribution in [0.2, 0.25) is 0 Å². The molecule has 0 saturated carbocycles. The highest BCUT2D eigenvalue weighted by atomic mass is 19.4. The minimum atomic E-state index is -5.08. The topological polar surface area (TPSA) is 120 Å². The standard InChI is InChI=1S/C25H31N3O2.2C2HF3O2/c29-24(28-13-5-6-14-28)17-20-18-25(30-23-9-2-1-8-22(20)23)10-15-27(16-11-25)19-21-7-3-4-12-26-21;2*3-2(4,5)1(6)7/h1-4,7-9,12,20H,5-6,10-11,13-19H2;2*(H,6,7). The van der Waals surface area contributed by atoms with Crippen LogP contribution in [0.1, 0.15) is 55.7 Å². The summed E-state index contributed by atoms with van der Waals surface area (Å²) in [5.74, 6) is -3.96. The van der Waals surface area contributed by atoms with Crippen LogP contribution in [-0.4, -0.2) is 87.0 Å². The van der Waals surface area contributed by atoms with Crippen LogP contribution in [0.3, 0.4) is 0 Å². The van der Waals surface area contributed by atoms with Crippen LogP contribution in [0.25, 0.3) is 0 Å². The van der Waals surface area contributed by atoms with Crippen molar-refractivity contribution >= 4 is 17.8 Å². The van der Waals surface area contributed by atoms with Gasteiger partial charge < -0.3 is 19.8 Å². The molecule has 2 saturated heterocycles. The Morgan fingerprint density at radius 1 is 0.864 bits per heavy atom. The fourth-order valence-corrected chi connectivity index (χ4v) is 5.38. The van der Waals surface area contributed by atoms with E-state index in [1.807, 2.05) is 18.3 Å². The van der Waals surface area contributed by atoms with Crippen LogP contribution < -0.4 is 4.74 Å². The average molecular weight is 634 g/mol. The number of carbonyl (C=O) groups excluding carboxylic acids is 1. The van der Waals surface area contributed by atoms with E-state index in [1.165, 1.54) is 5.56 Å². The van der Waals surface area contributed by atoms with E-state index in [1.54, 1.807) is 0 Å². The molecule has 242 valence electrons. The molecule has 0 aliphatic carbocycles. The first kappa shape index (κ1) is 34.6. The smallest absolute Gasteiger partial charge is 0.487 e. The molecule has 5 rings (SSSR count). The number of rotatable bonds is 4. The molecule has 1 spiro atoms. The van der Waals surface area contributed by atoms with Gasteiger partial charge in [0.2, 0.25) is 5.91 Å². The third-order valence-electron chi connectivity index (χ3n) is 7.55. The normalized spacial score (nSPS) is 19.4. The number of hydrogen-bond donors (Lipinski definition) is 2. The summed E-state index contributed by atoms with van der Waals surface area (Å²) in [5.41, 5.74) is 2.19. The molecule has 2 aromatic rings. The first-order valence-corrected chi connectivity index (χ1v) is 13.9. The van der Waals surface area contributed by atoms with Crippen molar-refractivity contribution in [2.45, 2.75) is 68.9 Å². The van der Waals surface area contributed by atoms with E-state index in [0.717, 1.165) is 76.3 Å². The van der Waals surface area contributed by atoms with Crippen molar-refractivity contribution in [1.29, 1.82) is 0 Å². The monoisotopic (exact) mass is 633 g/mol. The van der Waals surface area contributed by atoms with Gasteiger partial charge in [0, 0.05) is 51.3 Å². The zero-order chi connectivity index (χ0) is 32.5. The number of amides is 1. The third kappa shape index (κ3) is 10.1. The number of alkyl halides is 6. The summed E-state index contributed by atoms with van der Waals surface area (Å²) in [6.45, 7) is 4.76. The lowest BCUT2D eigenvalue weighted by atomic mass is 9.76. The van der Waals surface area contributed by atoms with Crippen molar-refractivity contribution in [3.05, 3.63) is 59.9 Å². The number of nitrogens with zero attached hydrogens (tertiary/aromatic N) is 3. The Kier molecular flexibility index (Phi) is 11.6. The van der Waals surface area contributed by atoms with Crippen LogP contribution in [0, 0.1) is 0 Å². The Morgan fingerprint density at radius 3 is 1.93 bits per heavy atom. The van der Waals surface area contributed by atoms with Crippen molar-refractivity contribution in [3.63, 3.8) is 0 Å². The SMILES string of the molecule is O=C(CC1CC2(CCN(Cc3ccccn3)CC2)Oc2ccccc21)N1CCCC1.O=C(O)C(F)(F)F.O=C(O)C(F)(F)F. The number of fused-ring (bicyclic) bond motifs is 1. The molecule has 9 nitrogen and oxygen atoms in total. The zero-order valence-corrected chi connectivity index (χ0v) is 23.6. The van der Waals surface area contributed by atoms with Gasteiger partial charge in [0.15, 0.2) is 0 Å². The predicted octanol–water partition coefficient (Wildman–Crippen LogP) is 5.26. The third-order valence-corrected chi connectivity index (χ3v) is 7.55. The number of likely N-dealkylation sites (tertiary alicyclic amines) is 2. The molecular weight excluding hydrogens is 600 g/mol. The number of carboxylic acids is 2. The molecule has 4 heterocycles. The Bertz CT molecular complexity index is 1240. The van der Waals surface area contributed by atoms with Crippen molar-refractivity contribution in [3.8, 4) is 5.75 Å². The van der Waals surface area contributed by atoms with Crippen molar-refractivity contribution in [2.75, 3.05) is 26.2 Å². The molecule has 3 aliphatic heterocycles. The van der Waals surface area contributed by atoms with Gasteiger partial charge in [0.05, 0.1) is 5.69 Å². The minimum Gasteiger partial charge on any atom is -0.487 e. The molecule has 0 radical (unpaired) electrons. The van der Waals surface area contributed by atoms with Gasteiger partial charge in [0.25, 0.3) is 0 Å². The lowest BCUT2D eigenvalue weighted by Crippen LogP contribution is -2.50. The Labute approximate surface area is 249 Å². The summed E-state index contributed by atoms with van der Waals surface area (Å²) >= 11 is 0. The molecule has 2 N–H and O–H groups in total. The molecule has 1 unspecified atom stereocenters. The molecule has 1 atom stereocenters. The molecule has 1 aromatic carbocycles. The lowest BCUT2D eigenvalue weighted by Gasteiger charge is -2.47. The second-order valence-corrected chi connectivity index (χ2v) is 10.7. The summed E-state index contributed by atoms with van der Waals surface area (Å²) < 4.78 is 70.1. The Balaban J connectivity index is 0.000000317. The van der Waals surface area contributed by atoms with Crippen molar-refractivity contribution in [1.82, 2.24) is 14.8 Å². The number of ether oxygens (including phenoxy) is 1. The van der Waals surface area contributed by atoms with Gasteiger partial charge in [-0.2, -0.15) is 26.3 Å². The number of pyridine rings is 1. The van der Waals surface area contributed by atoms with Crippen molar-refractivity contribution in [2.24, 2.45) is 0 Å². The van der Waals surface area contributed by atoms with Gasteiger partial charge in [-0.3, -0.25) is 14.7 Å². The van der Waals surface area contributed by atoms with Crippen LogP contribution in [0.5, 0.6) is 5.75 Å². The van der Waals surface area contributed by atoms with Gasteiger partial charge in [-0.15, -0.1) is 0 Å². The van der Waals surface area contributed by atoms with E-state index in [0.29, 0.717) is 12.3 Å². The van der Waals surface area contributed by atoms with Crippen molar-refractivity contribution < 1.29 is 55.7 Å². The van der Waals surface area contributed by atoms with E-state index in [-0.39, 0.29) is 11.5 Å². The summed E-state index contributed by atoms with van der Waals surface area (Å²) in [6.07, 6.45) is -2.45. The number of carboxylic acid groups (broad SMARTS) is 2. The van der Waals surface area contributed by atoms with E-state index < -0.39 is 24.3 Å². The maximum Gasteiger partial charge on any atom is 0.490 e. The molecular formula is C29H33F6N3O6. The highest BCUT2D eigenvalue weighted by molar-refractivity contribution is 5.77. The first-order valence-electron chi connectivity index (χ1n) is 13.9. The molecule has 44 heavy (non-hydrogen) atoms. The number of halogens is 6. The highest BCUT2D eigenvalue weighted by Gasteiger charge is 2.44. The first-order chi connectivity index (χ1) is 20.6. The van der Waals surface area contributed by atoms with Gasteiger partial charge in [-0.05, 0) is 55.9 Å². The molecule has 1 aromatic heterocycles. The number of aromatic nitrogens is 1. The minimum absolute atomic E-state index is 0.148. The van der Waals surface area contributed by atoms with E-state index in [2.05, 4.69) is 45.1 Å². The molecule has 0 bridgehead atoms. The predicted molar refractivity (Wildman–Crippen MR) is 144 cm³/mol. The van der Waals surface area contributed by atoms with Crippen LogP contribution in [-0.2, 0) is 20.9 Å². The number of benzene rings is 1. The van der Waals surface area contributed by atoms with E-state index in [4.69, 9.17) is 24.5 Å². The maximum absolute atomic E-state index is 12.9. The summed E-state index contributed by atoms with van der Waals surface area (Å²) in [5, 5.41) is 14.2. The molecule has 15 heteroatoms. The average Bonchev–Trinajstić information content (AvgIpc) is 3.50. The second kappa shape index (κ2) is 14.7. The van der Waals surface area contributed by atoms with Crippen LogP contribution in [0.15, 0.2) is 48.7 Å². The molecule has 3 aliphatic rings. The zero-order valence-electron chi connectivity index (χ0n) is 23.6. The number of hydrogen-bond acceptors (Lipinski definition) is 6. The second-order valence-electron chi connectivity index (χ2n) is 10.7. The quantitative estimate of drug-likeness (QED) is 0.438. The summed E-state index contributed by atoms with van der Waals surface area (Å²) in [4.78, 5) is 39.7. The van der Waals surface area contributed by atoms with Gasteiger partial charge in [-0.25, -0.2) is 9.59 Å². The molecule has 1 amide bonds.